The van der Waals surface area contributed by atoms with Crippen LogP contribution in [0.3, 0.4) is 0 Å². The zero-order valence-corrected chi connectivity index (χ0v) is 19.6. The van der Waals surface area contributed by atoms with Crippen LogP contribution in [0.1, 0.15) is 29.5 Å². The van der Waals surface area contributed by atoms with Crippen molar-refractivity contribution in [3.05, 3.63) is 65.2 Å². The van der Waals surface area contributed by atoms with E-state index in [1.807, 2.05) is 0 Å². The quantitative estimate of drug-likeness (QED) is 0.212. The van der Waals surface area contributed by atoms with Gasteiger partial charge >= 0.3 is 0 Å². The molecule has 0 saturated carbocycles. The van der Waals surface area contributed by atoms with E-state index in [9.17, 15) is 0 Å². The van der Waals surface area contributed by atoms with E-state index < -0.39 is 0 Å². The summed E-state index contributed by atoms with van der Waals surface area (Å²) in [5.74, 6) is 1.23. The lowest BCUT2D eigenvalue weighted by Crippen LogP contribution is -2.38. The average Bonchev–Trinajstić information content (AvgIpc) is 2.69. The molecule has 2 aromatic rings. The van der Waals surface area contributed by atoms with Crippen LogP contribution >= 0.6 is 24.0 Å². The van der Waals surface area contributed by atoms with E-state index in [1.54, 1.807) is 14.2 Å². The SMILES string of the molecule is CN=C(NCc1ccc(NCCOC)cc1)NCC(C)c1cccc(C)c1.I. The molecule has 0 aliphatic rings. The number of aryl methyl sites for hydroxylation is 1. The predicted molar refractivity (Wildman–Crippen MR) is 130 cm³/mol. The van der Waals surface area contributed by atoms with Gasteiger partial charge in [0.25, 0.3) is 0 Å². The summed E-state index contributed by atoms with van der Waals surface area (Å²) in [6.45, 7) is 7.44. The van der Waals surface area contributed by atoms with Gasteiger partial charge in [-0.1, -0.05) is 48.9 Å². The number of guanidine groups is 1. The number of nitrogens with zero attached hydrogens (tertiary/aromatic N) is 1. The Balaban J connectivity index is 0.00000392. The van der Waals surface area contributed by atoms with Crippen LogP contribution in [0.5, 0.6) is 0 Å². The minimum Gasteiger partial charge on any atom is -0.383 e. The van der Waals surface area contributed by atoms with E-state index in [-0.39, 0.29) is 24.0 Å². The number of hydrogen-bond donors (Lipinski definition) is 3. The van der Waals surface area contributed by atoms with Gasteiger partial charge in [0.2, 0.25) is 0 Å². The molecule has 0 amide bonds. The lowest BCUT2D eigenvalue weighted by atomic mass is 9.99. The van der Waals surface area contributed by atoms with Gasteiger partial charge in [0, 0.05) is 39.5 Å². The fourth-order valence-corrected chi connectivity index (χ4v) is 2.79. The molecule has 0 aliphatic heterocycles. The van der Waals surface area contributed by atoms with Gasteiger partial charge in [-0.15, -0.1) is 24.0 Å². The number of aliphatic imine (C=N–C) groups is 1. The average molecular weight is 496 g/mol. The zero-order chi connectivity index (χ0) is 19.5. The number of benzene rings is 2. The first kappa shape index (κ1) is 24.2. The molecular formula is C22H33IN4O. The molecule has 2 aromatic carbocycles. The molecule has 0 fully saturated rings. The summed E-state index contributed by atoms with van der Waals surface area (Å²) in [4.78, 5) is 4.32. The van der Waals surface area contributed by atoms with Crippen LogP contribution in [-0.4, -0.2) is 39.8 Å². The van der Waals surface area contributed by atoms with Gasteiger partial charge in [0.15, 0.2) is 5.96 Å². The molecule has 5 nitrogen and oxygen atoms in total. The fraction of sp³-hybridized carbons (Fsp3) is 0.409. The number of halogens is 1. The second kappa shape index (κ2) is 13.4. The maximum absolute atomic E-state index is 5.05. The summed E-state index contributed by atoms with van der Waals surface area (Å²) in [6.07, 6.45) is 0. The first-order chi connectivity index (χ1) is 13.1. The van der Waals surface area contributed by atoms with Crippen molar-refractivity contribution in [2.75, 3.05) is 39.2 Å². The second-order valence-electron chi connectivity index (χ2n) is 6.74. The van der Waals surface area contributed by atoms with E-state index in [2.05, 4.69) is 83.3 Å². The third-order valence-corrected chi connectivity index (χ3v) is 4.46. The standard InChI is InChI=1S/C22H32N4O.HI/c1-17-6-5-7-20(14-17)18(2)15-25-22(23-3)26-16-19-8-10-21(11-9-19)24-12-13-27-4;/h5-11,14,18,24H,12-13,15-16H2,1-4H3,(H2,23,25,26);1H. The molecule has 1 unspecified atom stereocenters. The number of anilines is 1. The Hall–Kier alpha value is -1.80. The highest BCUT2D eigenvalue weighted by Crippen LogP contribution is 2.15. The fourth-order valence-electron chi connectivity index (χ4n) is 2.79. The minimum absolute atomic E-state index is 0. The molecule has 0 heterocycles. The van der Waals surface area contributed by atoms with Gasteiger partial charge in [-0.05, 0) is 36.1 Å². The monoisotopic (exact) mass is 496 g/mol. The molecule has 28 heavy (non-hydrogen) atoms. The summed E-state index contributed by atoms with van der Waals surface area (Å²) < 4.78 is 5.05. The maximum atomic E-state index is 5.05. The van der Waals surface area contributed by atoms with Crippen LogP contribution in [0, 0.1) is 6.92 Å². The Morgan fingerprint density at radius 1 is 1.11 bits per heavy atom. The van der Waals surface area contributed by atoms with Gasteiger partial charge in [-0.3, -0.25) is 4.99 Å². The molecule has 3 N–H and O–H groups in total. The van der Waals surface area contributed by atoms with Crippen molar-refractivity contribution in [1.29, 1.82) is 0 Å². The number of nitrogens with one attached hydrogen (secondary N) is 3. The van der Waals surface area contributed by atoms with Crippen LogP contribution in [0.25, 0.3) is 0 Å². The van der Waals surface area contributed by atoms with Crippen molar-refractivity contribution in [3.8, 4) is 0 Å². The Morgan fingerprint density at radius 3 is 2.50 bits per heavy atom. The van der Waals surface area contributed by atoms with Crippen LogP contribution in [0.4, 0.5) is 5.69 Å². The van der Waals surface area contributed by atoms with Crippen molar-refractivity contribution in [1.82, 2.24) is 10.6 Å². The Kier molecular flexibility index (Phi) is 11.6. The minimum atomic E-state index is 0. The Bertz CT molecular complexity index is 719. The van der Waals surface area contributed by atoms with Gasteiger partial charge < -0.3 is 20.7 Å². The molecule has 0 saturated heterocycles. The molecule has 1 atom stereocenters. The van der Waals surface area contributed by atoms with Crippen molar-refractivity contribution in [2.45, 2.75) is 26.3 Å². The normalized spacial score (nSPS) is 12.1. The lowest BCUT2D eigenvalue weighted by molar-refractivity contribution is 0.211. The number of hydrogen-bond acceptors (Lipinski definition) is 3. The smallest absolute Gasteiger partial charge is 0.191 e. The molecule has 0 bridgehead atoms. The van der Waals surface area contributed by atoms with Crippen LogP contribution in [0.15, 0.2) is 53.5 Å². The highest BCUT2D eigenvalue weighted by atomic mass is 127. The van der Waals surface area contributed by atoms with Crippen LogP contribution in [-0.2, 0) is 11.3 Å². The van der Waals surface area contributed by atoms with Crippen molar-refractivity contribution < 1.29 is 4.74 Å². The number of methoxy groups -OCH3 is 1. The van der Waals surface area contributed by atoms with Crippen molar-refractivity contribution >= 4 is 35.6 Å². The zero-order valence-electron chi connectivity index (χ0n) is 17.3. The van der Waals surface area contributed by atoms with Crippen LogP contribution in [0.2, 0.25) is 0 Å². The van der Waals surface area contributed by atoms with E-state index >= 15 is 0 Å². The summed E-state index contributed by atoms with van der Waals surface area (Å²) in [6, 6.07) is 17.1. The third-order valence-electron chi connectivity index (χ3n) is 4.46. The van der Waals surface area contributed by atoms with Gasteiger partial charge in [0.1, 0.15) is 0 Å². The topological polar surface area (TPSA) is 57.7 Å². The molecule has 0 radical (unpaired) electrons. The second-order valence-corrected chi connectivity index (χ2v) is 6.74. The van der Waals surface area contributed by atoms with Crippen molar-refractivity contribution in [3.63, 3.8) is 0 Å². The van der Waals surface area contributed by atoms with E-state index in [1.165, 1.54) is 16.7 Å². The van der Waals surface area contributed by atoms with Crippen LogP contribution < -0.4 is 16.0 Å². The molecular weight excluding hydrogens is 463 g/mol. The van der Waals surface area contributed by atoms with Gasteiger partial charge in [-0.25, -0.2) is 0 Å². The molecule has 0 spiro atoms. The van der Waals surface area contributed by atoms with E-state index in [4.69, 9.17) is 4.74 Å². The summed E-state index contributed by atoms with van der Waals surface area (Å²) >= 11 is 0. The largest absolute Gasteiger partial charge is 0.383 e. The molecule has 154 valence electrons. The third kappa shape index (κ3) is 8.48. The Labute approximate surface area is 186 Å². The lowest BCUT2D eigenvalue weighted by Gasteiger charge is -2.17. The highest BCUT2D eigenvalue weighted by Gasteiger charge is 2.07. The predicted octanol–water partition coefficient (Wildman–Crippen LogP) is 4.14. The number of rotatable bonds is 9. The van der Waals surface area contributed by atoms with E-state index in [0.29, 0.717) is 12.5 Å². The van der Waals surface area contributed by atoms with E-state index in [0.717, 1.165) is 31.3 Å². The summed E-state index contributed by atoms with van der Waals surface area (Å²) in [5.41, 5.74) is 4.95. The molecule has 0 aliphatic carbocycles. The van der Waals surface area contributed by atoms with Crippen molar-refractivity contribution in [2.24, 2.45) is 4.99 Å². The molecule has 6 heteroatoms. The maximum Gasteiger partial charge on any atom is 0.191 e. The first-order valence-electron chi connectivity index (χ1n) is 9.45. The Morgan fingerprint density at radius 2 is 1.86 bits per heavy atom. The van der Waals surface area contributed by atoms with Gasteiger partial charge in [-0.2, -0.15) is 0 Å². The molecule has 2 rings (SSSR count). The van der Waals surface area contributed by atoms with Gasteiger partial charge in [0.05, 0.1) is 6.61 Å². The highest BCUT2D eigenvalue weighted by molar-refractivity contribution is 14.0. The molecule has 0 aromatic heterocycles. The first-order valence-corrected chi connectivity index (χ1v) is 9.45. The number of ether oxygens (including phenoxy) is 1. The summed E-state index contributed by atoms with van der Waals surface area (Å²) in [7, 11) is 3.51. The summed E-state index contributed by atoms with van der Waals surface area (Å²) in [5, 5.41) is 10.1.